The van der Waals surface area contributed by atoms with Crippen molar-refractivity contribution in [2.24, 2.45) is 17.5 Å². The summed E-state index contributed by atoms with van der Waals surface area (Å²) in [6, 6.07) is 0. The molecular weight excluding hydrogens is 192 g/mol. The Kier molecular flexibility index (Phi) is 28.1. The Bertz CT molecular complexity index is 115. The second-order valence-electron chi connectivity index (χ2n) is 0.908. The third kappa shape index (κ3) is 96.3. The first-order valence-corrected chi connectivity index (χ1v) is 1.92. The van der Waals surface area contributed by atoms with Gasteiger partial charge in [0.2, 0.25) is 0 Å². The van der Waals surface area contributed by atoms with Gasteiger partial charge in [-0.3, -0.25) is 0 Å². The van der Waals surface area contributed by atoms with E-state index in [4.69, 9.17) is 30.3 Å². The van der Waals surface area contributed by atoms with Crippen LogP contribution in [0.25, 0.3) is 0 Å². The van der Waals surface area contributed by atoms with Crippen LogP contribution in [0.3, 0.4) is 0 Å². The predicted molar refractivity (Wildman–Crippen MR) is 35.5 cm³/mol. The number of hydrazine groups is 3. The quantitative estimate of drug-likeness (QED) is 0.186. The highest BCUT2D eigenvalue weighted by Crippen LogP contribution is 1.21. The predicted octanol–water partition coefficient (Wildman–Crippen LogP) is -2.28. The van der Waals surface area contributed by atoms with Gasteiger partial charge in [0.05, 0.1) is 0 Å². The lowest BCUT2D eigenvalue weighted by atomic mass is 12.0. The molecule has 0 spiro atoms. The second kappa shape index (κ2) is 16.3. The van der Waals surface area contributed by atoms with Crippen molar-refractivity contribution in [2.45, 2.75) is 7.43 Å². The Morgan fingerprint density at radius 2 is 0.692 bits per heavy atom. The highest BCUT2D eigenvalue weighted by molar-refractivity contribution is 3.60. The first-order chi connectivity index (χ1) is 5.20. The van der Waals surface area contributed by atoms with Gasteiger partial charge in [0.25, 0.3) is 0 Å². The molecule has 12 nitrogen and oxygen atoms in total. The number of nitrogens with zero attached hydrogens (tertiary/aromatic N) is 3. The maximum absolute atomic E-state index is 8.69. The molecule has 13 heavy (non-hydrogen) atoms. The fourth-order valence-corrected chi connectivity index (χ4v) is 0. The van der Waals surface area contributed by atoms with Gasteiger partial charge in [0.1, 0.15) is 14.7 Å². The van der Waals surface area contributed by atoms with E-state index in [0.29, 0.717) is 0 Å². The van der Waals surface area contributed by atoms with E-state index in [-0.39, 0.29) is 7.43 Å². The minimum Gasteiger partial charge on any atom is -0.219 e. The molecule has 0 radical (unpaired) electrons. The van der Waals surface area contributed by atoms with Crippen molar-refractivity contribution in [3.05, 3.63) is 14.7 Å². The smallest absolute Gasteiger partial charge is 0.219 e. The Balaban J connectivity index is -0.0000000450. The third-order valence-corrected chi connectivity index (χ3v) is 0. The van der Waals surface area contributed by atoms with Crippen LogP contribution in [0.15, 0.2) is 0 Å². The maximum Gasteiger partial charge on any atom is 0.352 e. The van der Waals surface area contributed by atoms with Crippen molar-refractivity contribution in [3.8, 4) is 0 Å². The average molecular weight is 205 g/mol. The van der Waals surface area contributed by atoms with E-state index in [9.17, 15) is 0 Å². The molecule has 0 saturated heterocycles. The van der Waals surface area contributed by atoms with Gasteiger partial charge >= 0.3 is 15.1 Å². The molecule has 0 fully saturated rings. The van der Waals surface area contributed by atoms with Crippen LogP contribution in [0.2, 0.25) is 0 Å². The largest absolute Gasteiger partial charge is 0.352 e. The van der Waals surface area contributed by atoms with Crippen LogP contribution in [-0.4, -0.2) is 30.7 Å². The van der Waals surface area contributed by atoms with Crippen LogP contribution < -0.4 is 17.5 Å². The Morgan fingerprint density at radius 1 is 0.692 bits per heavy atom. The molecule has 0 aromatic carbocycles. The molecule has 12 heteroatoms. The molecule has 80 valence electrons. The van der Waals surface area contributed by atoms with Gasteiger partial charge in [-0.15, -0.1) is 17.5 Å². The van der Waals surface area contributed by atoms with E-state index in [1.807, 2.05) is 0 Å². The zero-order valence-corrected chi connectivity index (χ0v) is 5.64. The number of hydrogen-bond donors (Lipinski definition) is 6. The number of rotatable bonds is 0. The number of nitrogens with two attached hydrogens (primary N) is 3. The first kappa shape index (κ1) is 22.4. The van der Waals surface area contributed by atoms with Gasteiger partial charge in [-0.05, 0) is 0 Å². The summed E-state index contributed by atoms with van der Waals surface area (Å²) in [5, 5.41) is 19.1. The summed E-state index contributed by atoms with van der Waals surface area (Å²) in [6.45, 7) is 0. The van der Waals surface area contributed by atoms with Gasteiger partial charge in [0.15, 0.2) is 0 Å². The van der Waals surface area contributed by atoms with Gasteiger partial charge in [-0.1, -0.05) is 7.43 Å². The Labute approximate surface area is 71.6 Å². The molecule has 0 aliphatic carbocycles. The summed E-state index contributed by atoms with van der Waals surface area (Å²) in [6.07, 6.45) is 0. The van der Waals surface area contributed by atoms with E-state index in [1.54, 1.807) is 0 Å². The summed E-state index contributed by atoms with van der Waals surface area (Å²) in [4.78, 5) is 26.1. The summed E-state index contributed by atoms with van der Waals surface area (Å²) in [7, 11) is 0. The van der Waals surface area contributed by atoms with E-state index in [1.165, 1.54) is 0 Å². The normalized spacial score (nSPS) is 5.54. The lowest BCUT2D eigenvalue weighted by Crippen LogP contribution is -2.08. The number of hydrogen-bond acceptors (Lipinski definition) is 3. The minimum atomic E-state index is -0.750. The van der Waals surface area contributed by atoms with E-state index < -0.39 is 15.1 Å². The zero-order chi connectivity index (χ0) is 10.7. The summed E-state index contributed by atoms with van der Waals surface area (Å²) >= 11 is 0. The van der Waals surface area contributed by atoms with E-state index in [0.717, 1.165) is 0 Å². The molecule has 0 amide bonds. The zero-order valence-electron chi connectivity index (χ0n) is 5.64. The van der Waals surface area contributed by atoms with Crippen LogP contribution in [0.4, 0.5) is 0 Å². The monoisotopic (exact) mass is 205 g/mol. The third-order valence-electron chi connectivity index (χ3n) is 0. The molecule has 0 unspecified atom stereocenters. The van der Waals surface area contributed by atoms with Crippen LogP contribution in [-0.2, 0) is 0 Å². The van der Waals surface area contributed by atoms with Crippen LogP contribution in [0.1, 0.15) is 7.43 Å². The fourth-order valence-electron chi connectivity index (χ4n) is 0. The van der Waals surface area contributed by atoms with Gasteiger partial charge in [-0.25, -0.2) is 15.6 Å². The van der Waals surface area contributed by atoms with Gasteiger partial charge < -0.3 is 0 Å². The van der Waals surface area contributed by atoms with Crippen molar-refractivity contribution < 1.29 is 30.7 Å². The average Bonchev–Trinajstić information content (AvgIpc) is 1.54. The molecule has 9 N–H and O–H groups in total. The molecule has 0 heterocycles. The van der Waals surface area contributed by atoms with Gasteiger partial charge in [0, 0.05) is 0 Å². The Hall–Kier alpha value is -2.40. The Morgan fingerprint density at radius 3 is 0.692 bits per heavy atom. The fraction of sp³-hybridized carbons (Fsp3) is 1.00. The molecule has 0 atom stereocenters. The van der Waals surface area contributed by atoms with Crippen molar-refractivity contribution in [1.82, 2.24) is 0 Å². The highest BCUT2D eigenvalue weighted by atomic mass is 16.7. The summed E-state index contributed by atoms with van der Waals surface area (Å²) in [5.74, 6) is 11.8. The van der Waals surface area contributed by atoms with Crippen molar-refractivity contribution in [1.29, 1.82) is 0 Å². The summed E-state index contributed by atoms with van der Waals surface area (Å²) in [5.41, 5.74) is 0. The molecule has 0 bridgehead atoms. The molecule has 0 aliphatic rings. The molecule has 0 rings (SSSR count). The van der Waals surface area contributed by atoms with E-state index in [2.05, 4.69) is 17.5 Å². The topological polar surface area (TPSA) is 199 Å². The molecular formula is CH13N6O6+3. The lowest BCUT2D eigenvalue weighted by Gasteiger charge is -1.48. The van der Waals surface area contributed by atoms with E-state index >= 15 is 0 Å². The molecule has 0 aliphatic heterocycles. The molecule has 0 saturated carbocycles. The van der Waals surface area contributed by atoms with Gasteiger partial charge in [-0.2, -0.15) is 0 Å². The lowest BCUT2D eigenvalue weighted by molar-refractivity contribution is -0.801. The van der Waals surface area contributed by atoms with Crippen molar-refractivity contribution in [3.63, 3.8) is 0 Å². The van der Waals surface area contributed by atoms with Crippen LogP contribution >= 0.6 is 0 Å². The van der Waals surface area contributed by atoms with Crippen molar-refractivity contribution in [2.75, 3.05) is 0 Å². The first-order valence-electron chi connectivity index (χ1n) is 1.92. The summed E-state index contributed by atoms with van der Waals surface area (Å²) < 4.78 is 0. The van der Waals surface area contributed by atoms with Crippen LogP contribution in [0.5, 0.6) is 0 Å². The SMILES string of the molecule is C.N[N+](=O)O.N[N+](=O)O.N[N+](=O)O. The minimum absolute atomic E-state index is 0. The molecule has 0 aromatic rings. The van der Waals surface area contributed by atoms with Crippen molar-refractivity contribution >= 4 is 0 Å². The standard InChI is InChI=1S/CH4.3H3N2O2/c;3*1-2(3)4/h1H4;3*1H2,(H,3,4)/q;3*+1. The maximum atomic E-state index is 8.69. The van der Waals surface area contributed by atoms with Crippen LogP contribution in [0, 0.1) is 14.7 Å². The second-order valence-corrected chi connectivity index (χ2v) is 0.908. The highest BCUT2D eigenvalue weighted by Gasteiger charge is 1.73. The molecule has 0 aromatic heterocycles.